The molecule has 2 heterocycles. The fourth-order valence-electron chi connectivity index (χ4n) is 6.44. The Morgan fingerprint density at radius 3 is 2.35 bits per heavy atom. The van der Waals surface area contributed by atoms with E-state index in [0.29, 0.717) is 24.5 Å². The summed E-state index contributed by atoms with van der Waals surface area (Å²) in [6.45, 7) is 5.71. The van der Waals surface area contributed by atoms with Crippen molar-refractivity contribution < 1.29 is 13.9 Å². The maximum absolute atomic E-state index is 13.7. The lowest BCUT2D eigenvalue weighted by molar-refractivity contribution is 0.172. The molecule has 1 unspecified atom stereocenters. The Morgan fingerprint density at radius 2 is 1.60 bits per heavy atom. The van der Waals surface area contributed by atoms with E-state index in [1.54, 1.807) is 7.11 Å². The number of hydrogen-bond donors (Lipinski definition) is 1. The van der Waals surface area contributed by atoms with Crippen molar-refractivity contribution in [3.05, 3.63) is 126 Å². The van der Waals surface area contributed by atoms with Crippen LogP contribution in [0.4, 0.5) is 20.6 Å². The van der Waals surface area contributed by atoms with Gasteiger partial charge in [0.1, 0.15) is 11.6 Å². The Labute approximate surface area is 259 Å². The monoisotopic (exact) mass is 600 g/mol. The summed E-state index contributed by atoms with van der Waals surface area (Å²) in [7, 11) is 1.62. The van der Waals surface area contributed by atoms with E-state index in [1.165, 1.54) is 28.8 Å². The number of hydrogen-bond acceptors (Lipinski definition) is 4. The number of anilines is 2. The van der Waals surface area contributed by atoms with Gasteiger partial charge in [-0.15, -0.1) is 12.4 Å². The molecule has 0 aromatic heterocycles. The van der Waals surface area contributed by atoms with Crippen molar-refractivity contribution in [1.29, 1.82) is 0 Å². The molecule has 4 aromatic rings. The van der Waals surface area contributed by atoms with Gasteiger partial charge in [0.15, 0.2) is 0 Å². The highest BCUT2D eigenvalue weighted by molar-refractivity contribution is 5.90. The zero-order valence-electron chi connectivity index (χ0n) is 24.4. The molecule has 0 radical (unpaired) electrons. The number of piperazine rings is 1. The molecule has 0 spiro atoms. The SMILES string of the molecule is COc1cccc(NC(=O)N2Cc3ccccc3C(CCN3CCN(c4ccc(F)cc4)CC3)(c3ccccc3)C2)c1.Cl. The molecule has 1 saturated heterocycles. The van der Waals surface area contributed by atoms with E-state index < -0.39 is 0 Å². The van der Waals surface area contributed by atoms with Crippen LogP contribution in [-0.2, 0) is 12.0 Å². The molecule has 4 aromatic carbocycles. The average Bonchev–Trinajstić information content (AvgIpc) is 3.04. The Bertz CT molecular complexity index is 1510. The minimum Gasteiger partial charge on any atom is -0.497 e. The number of methoxy groups -OCH3 is 1. The van der Waals surface area contributed by atoms with Crippen molar-refractivity contribution in [1.82, 2.24) is 9.80 Å². The fourth-order valence-corrected chi connectivity index (χ4v) is 6.44. The number of ether oxygens (including phenoxy) is 1. The maximum atomic E-state index is 13.7. The van der Waals surface area contributed by atoms with Crippen molar-refractivity contribution in [2.75, 3.05) is 56.6 Å². The number of amides is 2. The van der Waals surface area contributed by atoms with Crippen LogP contribution in [-0.4, -0.2) is 62.2 Å². The van der Waals surface area contributed by atoms with Crippen LogP contribution in [0.3, 0.4) is 0 Å². The van der Waals surface area contributed by atoms with Crippen LogP contribution < -0.4 is 15.0 Å². The third-order valence-electron chi connectivity index (χ3n) is 8.71. The van der Waals surface area contributed by atoms with Gasteiger partial charge in [0.25, 0.3) is 0 Å². The number of nitrogens with zero attached hydrogens (tertiary/aromatic N) is 3. The Kier molecular flexibility index (Phi) is 9.53. The lowest BCUT2D eigenvalue weighted by Crippen LogP contribution is -2.52. The van der Waals surface area contributed by atoms with Crippen molar-refractivity contribution in [2.24, 2.45) is 0 Å². The zero-order chi connectivity index (χ0) is 28.9. The van der Waals surface area contributed by atoms with Crippen LogP contribution in [0.5, 0.6) is 5.75 Å². The summed E-state index contributed by atoms with van der Waals surface area (Å²) in [6.07, 6.45) is 0.882. The summed E-state index contributed by atoms with van der Waals surface area (Å²) in [5.74, 6) is 0.498. The van der Waals surface area contributed by atoms with Crippen molar-refractivity contribution in [2.45, 2.75) is 18.4 Å². The molecular weight excluding hydrogens is 563 g/mol. The number of halogens is 2. The topological polar surface area (TPSA) is 48.1 Å². The second-order valence-electron chi connectivity index (χ2n) is 11.2. The van der Waals surface area contributed by atoms with E-state index >= 15 is 0 Å². The number of urea groups is 1. The van der Waals surface area contributed by atoms with Gasteiger partial charge in [0.05, 0.1) is 7.11 Å². The average molecular weight is 601 g/mol. The van der Waals surface area contributed by atoms with E-state index in [-0.39, 0.29) is 29.7 Å². The molecule has 0 saturated carbocycles. The first kappa shape index (κ1) is 30.4. The first-order valence-electron chi connectivity index (χ1n) is 14.6. The standard InChI is InChI=1S/C35H37FN4O2.ClH/c1-42-32-12-7-11-30(24-32)37-34(41)40-25-27-8-5-6-13-33(27)35(26-40,28-9-3-2-4-10-28)18-19-38-20-22-39(23-21-38)31-16-14-29(36)15-17-31;/h2-17,24H,18-23,25-26H2,1H3,(H,37,41);1H. The van der Waals surface area contributed by atoms with Gasteiger partial charge < -0.3 is 19.9 Å². The lowest BCUT2D eigenvalue weighted by Gasteiger charge is -2.46. The molecule has 2 aliphatic rings. The molecule has 1 N–H and O–H groups in total. The Hall–Kier alpha value is -4.07. The van der Waals surface area contributed by atoms with E-state index in [1.807, 2.05) is 47.4 Å². The molecule has 0 bridgehead atoms. The number of rotatable bonds is 7. The molecule has 6 rings (SSSR count). The van der Waals surface area contributed by atoms with E-state index in [2.05, 4.69) is 63.6 Å². The zero-order valence-corrected chi connectivity index (χ0v) is 25.2. The molecule has 2 aliphatic heterocycles. The van der Waals surface area contributed by atoms with Gasteiger partial charge in [-0.25, -0.2) is 9.18 Å². The number of nitrogens with one attached hydrogen (secondary N) is 1. The molecule has 1 fully saturated rings. The predicted molar refractivity (Wildman–Crippen MR) is 173 cm³/mol. The van der Waals surface area contributed by atoms with Crippen LogP contribution in [0.2, 0.25) is 0 Å². The Morgan fingerprint density at radius 1 is 0.884 bits per heavy atom. The largest absolute Gasteiger partial charge is 0.497 e. The van der Waals surface area contributed by atoms with Gasteiger partial charge in [0.2, 0.25) is 0 Å². The smallest absolute Gasteiger partial charge is 0.322 e. The highest BCUT2D eigenvalue weighted by atomic mass is 35.5. The highest BCUT2D eigenvalue weighted by Crippen LogP contribution is 2.42. The van der Waals surface area contributed by atoms with Gasteiger partial charge in [-0.05, 0) is 66.1 Å². The number of fused-ring (bicyclic) bond motifs is 1. The highest BCUT2D eigenvalue weighted by Gasteiger charge is 2.42. The second kappa shape index (κ2) is 13.5. The molecule has 2 amide bonds. The number of carbonyl (C=O) groups is 1. The molecule has 224 valence electrons. The normalized spacial score (nSPS) is 18.4. The molecular formula is C35H38ClFN4O2. The molecule has 0 aliphatic carbocycles. The van der Waals surface area contributed by atoms with Crippen LogP contribution in [0.1, 0.15) is 23.1 Å². The summed E-state index contributed by atoms with van der Waals surface area (Å²) in [5.41, 5.74) is 5.12. The predicted octanol–water partition coefficient (Wildman–Crippen LogP) is 6.80. The van der Waals surface area contributed by atoms with Gasteiger partial charge in [-0.1, -0.05) is 60.7 Å². The third-order valence-corrected chi connectivity index (χ3v) is 8.71. The van der Waals surface area contributed by atoms with Gasteiger partial charge in [0, 0.05) is 62.1 Å². The fraction of sp³-hybridized carbons (Fsp3) is 0.286. The molecule has 8 heteroatoms. The maximum Gasteiger partial charge on any atom is 0.322 e. The lowest BCUT2D eigenvalue weighted by atomic mass is 9.68. The van der Waals surface area contributed by atoms with Gasteiger partial charge in [-0.3, -0.25) is 4.90 Å². The van der Waals surface area contributed by atoms with Crippen molar-refractivity contribution >= 4 is 29.8 Å². The Balaban J connectivity index is 0.00000368. The molecule has 6 nitrogen and oxygen atoms in total. The van der Waals surface area contributed by atoms with Crippen LogP contribution in [0.25, 0.3) is 0 Å². The summed E-state index contributed by atoms with van der Waals surface area (Å²) in [6, 6.07) is 33.3. The van der Waals surface area contributed by atoms with Crippen LogP contribution in [0, 0.1) is 5.82 Å². The van der Waals surface area contributed by atoms with Gasteiger partial charge in [-0.2, -0.15) is 0 Å². The summed E-state index contributed by atoms with van der Waals surface area (Å²) in [5, 5.41) is 3.10. The first-order chi connectivity index (χ1) is 20.5. The minimum absolute atomic E-state index is 0. The summed E-state index contributed by atoms with van der Waals surface area (Å²) in [4.78, 5) is 20.5. The molecule has 43 heavy (non-hydrogen) atoms. The summed E-state index contributed by atoms with van der Waals surface area (Å²) < 4.78 is 18.8. The number of benzene rings is 4. The van der Waals surface area contributed by atoms with Crippen LogP contribution >= 0.6 is 12.4 Å². The first-order valence-corrected chi connectivity index (χ1v) is 14.6. The second-order valence-corrected chi connectivity index (χ2v) is 11.2. The van der Waals surface area contributed by atoms with Crippen LogP contribution in [0.15, 0.2) is 103 Å². The third kappa shape index (κ3) is 6.63. The van der Waals surface area contributed by atoms with Crippen molar-refractivity contribution in [3.8, 4) is 5.75 Å². The molecule has 1 atom stereocenters. The van der Waals surface area contributed by atoms with E-state index in [9.17, 15) is 9.18 Å². The van der Waals surface area contributed by atoms with Gasteiger partial charge >= 0.3 is 6.03 Å². The summed E-state index contributed by atoms with van der Waals surface area (Å²) >= 11 is 0. The quantitative estimate of drug-likeness (QED) is 0.253. The number of carbonyl (C=O) groups excluding carboxylic acids is 1. The van der Waals surface area contributed by atoms with E-state index in [4.69, 9.17) is 4.74 Å². The van der Waals surface area contributed by atoms with E-state index in [0.717, 1.165) is 44.8 Å². The van der Waals surface area contributed by atoms with Crippen molar-refractivity contribution in [3.63, 3.8) is 0 Å². The minimum atomic E-state index is -0.351.